The minimum absolute atomic E-state index is 0.123. The molecule has 0 spiro atoms. The third kappa shape index (κ3) is 3.02. The summed E-state index contributed by atoms with van der Waals surface area (Å²) < 4.78 is 0. The molecule has 114 valence electrons. The number of benzene rings is 1. The third-order valence-electron chi connectivity index (χ3n) is 4.15. The molecule has 0 aliphatic heterocycles. The number of nitrogens with one attached hydrogen (secondary N) is 2. The molecule has 0 radical (unpaired) electrons. The highest BCUT2D eigenvalue weighted by atomic mass is 32.2. The van der Waals surface area contributed by atoms with Gasteiger partial charge in [-0.25, -0.2) is 0 Å². The molecule has 22 heavy (non-hydrogen) atoms. The van der Waals surface area contributed by atoms with Gasteiger partial charge in [0, 0.05) is 12.0 Å². The van der Waals surface area contributed by atoms with Gasteiger partial charge in [0.25, 0.3) is 5.56 Å². The van der Waals surface area contributed by atoms with Crippen molar-refractivity contribution in [3.63, 3.8) is 0 Å². The van der Waals surface area contributed by atoms with E-state index in [4.69, 9.17) is 5.41 Å². The van der Waals surface area contributed by atoms with Gasteiger partial charge in [-0.15, -0.1) is 11.8 Å². The highest BCUT2D eigenvalue weighted by Gasteiger charge is 2.19. The Morgan fingerprint density at radius 2 is 2.05 bits per heavy atom. The molecule has 2 aromatic rings. The Hall–Kier alpha value is -1.81. The number of aromatic nitrogens is 1. The maximum atomic E-state index is 12.2. The number of rotatable bonds is 4. The SMILES string of the molecule is Cc1cccc(CSc2[nH]c(=O)c(C=N)c3c2CCCC3)c1. The van der Waals surface area contributed by atoms with Crippen LogP contribution in [0, 0.1) is 12.3 Å². The molecule has 1 aliphatic rings. The van der Waals surface area contributed by atoms with Gasteiger partial charge in [-0.05, 0) is 49.3 Å². The molecule has 2 N–H and O–H groups in total. The molecule has 1 heterocycles. The summed E-state index contributed by atoms with van der Waals surface area (Å²) in [5.41, 5.74) is 5.30. The first-order valence-electron chi connectivity index (χ1n) is 7.66. The predicted octanol–water partition coefficient (Wildman–Crippen LogP) is 3.85. The van der Waals surface area contributed by atoms with E-state index in [2.05, 4.69) is 36.2 Å². The Bertz CT molecular complexity index is 764. The van der Waals surface area contributed by atoms with Crippen LogP contribution in [-0.4, -0.2) is 11.2 Å². The average Bonchev–Trinajstić information content (AvgIpc) is 2.53. The van der Waals surface area contributed by atoms with Crippen molar-refractivity contribution in [3.8, 4) is 0 Å². The number of hydrogen-bond donors (Lipinski definition) is 2. The first-order valence-corrected chi connectivity index (χ1v) is 8.64. The van der Waals surface area contributed by atoms with Crippen LogP contribution < -0.4 is 5.56 Å². The molecule has 0 amide bonds. The van der Waals surface area contributed by atoms with Crippen molar-refractivity contribution in [2.45, 2.75) is 43.4 Å². The lowest BCUT2D eigenvalue weighted by molar-refractivity contribution is 0.664. The maximum Gasteiger partial charge on any atom is 0.257 e. The van der Waals surface area contributed by atoms with E-state index < -0.39 is 0 Å². The van der Waals surface area contributed by atoms with Crippen LogP contribution >= 0.6 is 11.8 Å². The smallest absolute Gasteiger partial charge is 0.257 e. The quantitative estimate of drug-likeness (QED) is 0.665. The van der Waals surface area contributed by atoms with Crippen LogP contribution in [0.25, 0.3) is 0 Å². The first kappa shape index (κ1) is 15.1. The second kappa shape index (κ2) is 6.53. The van der Waals surface area contributed by atoms with E-state index in [1.54, 1.807) is 11.8 Å². The van der Waals surface area contributed by atoms with Crippen molar-refractivity contribution in [3.05, 3.63) is 62.4 Å². The second-order valence-corrected chi connectivity index (χ2v) is 6.77. The average molecular weight is 312 g/mol. The monoisotopic (exact) mass is 312 g/mol. The lowest BCUT2D eigenvalue weighted by Gasteiger charge is -2.20. The second-order valence-electron chi connectivity index (χ2n) is 5.78. The number of hydrogen-bond acceptors (Lipinski definition) is 3. The maximum absolute atomic E-state index is 12.2. The van der Waals surface area contributed by atoms with Crippen LogP contribution in [0.3, 0.4) is 0 Å². The number of fused-ring (bicyclic) bond motifs is 1. The molecular weight excluding hydrogens is 292 g/mol. The van der Waals surface area contributed by atoms with E-state index in [0.717, 1.165) is 42.0 Å². The molecular formula is C18H20N2OS. The molecule has 0 fully saturated rings. The zero-order valence-corrected chi connectivity index (χ0v) is 13.6. The molecule has 0 saturated heterocycles. The summed E-state index contributed by atoms with van der Waals surface area (Å²) in [4.78, 5) is 15.2. The minimum atomic E-state index is -0.123. The highest BCUT2D eigenvalue weighted by Crippen LogP contribution is 2.31. The summed E-state index contributed by atoms with van der Waals surface area (Å²) in [5.74, 6) is 0.855. The van der Waals surface area contributed by atoms with Gasteiger partial charge in [0.15, 0.2) is 0 Å². The Morgan fingerprint density at radius 3 is 2.77 bits per heavy atom. The Kier molecular flexibility index (Phi) is 4.48. The highest BCUT2D eigenvalue weighted by molar-refractivity contribution is 7.98. The molecule has 0 saturated carbocycles. The number of H-pyrrole nitrogens is 1. The summed E-state index contributed by atoms with van der Waals surface area (Å²) in [6.07, 6.45) is 5.40. The van der Waals surface area contributed by atoms with Crippen molar-refractivity contribution in [1.29, 1.82) is 5.41 Å². The largest absolute Gasteiger partial charge is 0.316 e. The van der Waals surface area contributed by atoms with Crippen LogP contribution in [0.5, 0.6) is 0 Å². The van der Waals surface area contributed by atoms with Gasteiger partial charge < -0.3 is 10.4 Å². The van der Waals surface area contributed by atoms with Crippen molar-refractivity contribution >= 4 is 18.0 Å². The van der Waals surface area contributed by atoms with Crippen LogP contribution in [0.2, 0.25) is 0 Å². The molecule has 0 atom stereocenters. The van der Waals surface area contributed by atoms with E-state index in [9.17, 15) is 4.79 Å². The zero-order valence-electron chi connectivity index (χ0n) is 12.7. The van der Waals surface area contributed by atoms with Crippen LogP contribution in [0.1, 0.15) is 40.7 Å². The van der Waals surface area contributed by atoms with E-state index in [0.29, 0.717) is 5.56 Å². The van der Waals surface area contributed by atoms with Gasteiger partial charge in [-0.1, -0.05) is 29.8 Å². The van der Waals surface area contributed by atoms with Crippen LogP contribution in [0.15, 0.2) is 34.1 Å². The summed E-state index contributed by atoms with van der Waals surface area (Å²) in [7, 11) is 0. The normalized spacial score (nSPS) is 13.7. The Labute approximate surface area is 134 Å². The summed E-state index contributed by atoms with van der Waals surface area (Å²) in [5, 5.41) is 8.50. The molecule has 1 aromatic carbocycles. The molecule has 0 unspecified atom stereocenters. The number of aryl methyl sites for hydroxylation is 1. The molecule has 3 nitrogen and oxygen atoms in total. The van der Waals surface area contributed by atoms with E-state index >= 15 is 0 Å². The van der Waals surface area contributed by atoms with Crippen molar-refractivity contribution < 1.29 is 0 Å². The fourth-order valence-electron chi connectivity index (χ4n) is 3.07. The van der Waals surface area contributed by atoms with Crippen molar-refractivity contribution in [2.75, 3.05) is 0 Å². The van der Waals surface area contributed by atoms with E-state index in [1.165, 1.54) is 22.9 Å². The zero-order chi connectivity index (χ0) is 15.5. The number of aromatic amines is 1. The lowest BCUT2D eigenvalue weighted by atomic mass is 9.90. The number of pyridine rings is 1. The fourth-order valence-corrected chi connectivity index (χ4v) is 4.12. The number of thioether (sulfide) groups is 1. The van der Waals surface area contributed by atoms with Gasteiger partial charge in [0.05, 0.1) is 10.6 Å². The van der Waals surface area contributed by atoms with Gasteiger partial charge >= 0.3 is 0 Å². The van der Waals surface area contributed by atoms with Gasteiger partial charge in [-0.2, -0.15) is 0 Å². The topological polar surface area (TPSA) is 56.7 Å². The first-order chi connectivity index (χ1) is 10.7. The molecule has 3 rings (SSSR count). The molecule has 4 heteroatoms. The van der Waals surface area contributed by atoms with Gasteiger partial charge in [0.1, 0.15) is 0 Å². The predicted molar refractivity (Wildman–Crippen MR) is 92.3 cm³/mol. The summed E-state index contributed by atoms with van der Waals surface area (Å²) in [6.45, 7) is 2.09. The molecule has 1 aromatic heterocycles. The van der Waals surface area contributed by atoms with Gasteiger partial charge in [0.2, 0.25) is 0 Å². The van der Waals surface area contributed by atoms with Crippen molar-refractivity contribution in [1.82, 2.24) is 4.98 Å². The Morgan fingerprint density at radius 1 is 1.27 bits per heavy atom. The lowest BCUT2D eigenvalue weighted by Crippen LogP contribution is -2.21. The summed E-state index contributed by atoms with van der Waals surface area (Å²) in [6, 6.07) is 8.47. The summed E-state index contributed by atoms with van der Waals surface area (Å²) >= 11 is 1.70. The van der Waals surface area contributed by atoms with E-state index in [-0.39, 0.29) is 5.56 Å². The van der Waals surface area contributed by atoms with E-state index in [1.807, 2.05) is 0 Å². The molecule has 1 aliphatic carbocycles. The fraction of sp³-hybridized carbons (Fsp3) is 0.333. The molecule has 0 bridgehead atoms. The van der Waals surface area contributed by atoms with Crippen LogP contribution in [0.4, 0.5) is 0 Å². The van der Waals surface area contributed by atoms with Gasteiger partial charge in [-0.3, -0.25) is 4.79 Å². The van der Waals surface area contributed by atoms with Crippen molar-refractivity contribution in [2.24, 2.45) is 0 Å². The Balaban J connectivity index is 1.92. The third-order valence-corrected chi connectivity index (χ3v) is 5.26. The van der Waals surface area contributed by atoms with Crippen LogP contribution in [-0.2, 0) is 18.6 Å². The standard InChI is InChI=1S/C18H20N2OS/c1-12-5-4-6-13(9-12)11-22-18-15-8-3-2-7-14(15)16(10-19)17(21)20-18/h4-6,9-10,19H,2-3,7-8,11H2,1H3,(H,20,21). The minimum Gasteiger partial charge on any atom is -0.316 e.